The van der Waals surface area contributed by atoms with Gasteiger partial charge in [0, 0.05) is 12.0 Å². The first kappa shape index (κ1) is 19.5. The maximum atomic E-state index is 12.9. The van der Waals surface area contributed by atoms with Crippen molar-refractivity contribution in [2.24, 2.45) is 11.3 Å². The van der Waals surface area contributed by atoms with Gasteiger partial charge < -0.3 is 15.2 Å². The summed E-state index contributed by atoms with van der Waals surface area (Å²) in [6.07, 6.45) is 1.03. The van der Waals surface area contributed by atoms with Crippen molar-refractivity contribution in [1.29, 1.82) is 0 Å². The molecule has 1 saturated carbocycles. The van der Waals surface area contributed by atoms with E-state index in [2.05, 4.69) is 31.5 Å². The molecule has 2 atom stereocenters. The summed E-state index contributed by atoms with van der Waals surface area (Å²) >= 11 is 1.59. The van der Waals surface area contributed by atoms with Crippen molar-refractivity contribution in [1.82, 2.24) is 5.32 Å². The molecule has 0 radical (unpaired) electrons. The van der Waals surface area contributed by atoms with Crippen LogP contribution in [0, 0.1) is 25.2 Å². The van der Waals surface area contributed by atoms with Gasteiger partial charge in [0.1, 0.15) is 12.4 Å². The van der Waals surface area contributed by atoms with E-state index in [1.54, 1.807) is 11.3 Å². The van der Waals surface area contributed by atoms with Gasteiger partial charge in [-0.05, 0) is 64.8 Å². The van der Waals surface area contributed by atoms with Crippen LogP contribution in [-0.4, -0.2) is 24.2 Å². The molecule has 2 N–H and O–H groups in total. The van der Waals surface area contributed by atoms with Gasteiger partial charge in [-0.15, -0.1) is 11.3 Å². The second kappa shape index (κ2) is 6.60. The molecule has 1 amide bonds. The van der Waals surface area contributed by atoms with Crippen LogP contribution in [0.4, 0.5) is 0 Å². The number of nitrogens with one attached hydrogen (secondary N) is 1. The minimum absolute atomic E-state index is 0.00108. The first-order valence-corrected chi connectivity index (χ1v) is 10.8. The van der Waals surface area contributed by atoms with Gasteiger partial charge >= 0.3 is 0 Å². The Bertz CT molecular complexity index is 922. The van der Waals surface area contributed by atoms with Crippen molar-refractivity contribution in [3.8, 4) is 5.75 Å². The van der Waals surface area contributed by atoms with E-state index in [0.29, 0.717) is 17.9 Å². The number of hydrogen-bond donors (Lipinski definition) is 2. The average molecular weight is 400 g/mol. The Morgan fingerprint density at radius 1 is 1.29 bits per heavy atom. The van der Waals surface area contributed by atoms with Crippen LogP contribution in [0.2, 0.25) is 0 Å². The summed E-state index contributed by atoms with van der Waals surface area (Å²) in [6, 6.07) is 4.08. The van der Waals surface area contributed by atoms with Crippen LogP contribution < -0.4 is 10.1 Å². The molecular weight excluding hydrogens is 370 g/mol. The van der Waals surface area contributed by atoms with E-state index >= 15 is 0 Å². The molecule has 0 aliphatic heterocycles. The fraction of sp³-hybridized carbons (Fsp3) is 0.522. The maximum Gasteiger partial charge on any atom is 0.261 e. The van der Waals surface area contributed by atoms with Crippen LogP contribution in [0.3, 0.4) is 0 Å². The van der Waals surface area contributed by atoms with Crippen LogP contribution in [-0.2, 0) is 18.4 Å². The van der Waals surface area contributed by atoms with E-state index in [4.69, 9.17) is 9.84 Å². The third kappa shape index (κ3) is 2.71. The number of amides is 1. The van der Waals surface area contributed by atoms with E-state index in [-0.39, 0.29) is 24.5 Å². The van der Waals surface area contributed by atoms with Gasteiger partial charge in [-0.3, -0.25) is 4.79 Å². The van der Waals surface area contributed by atoms with Crippen LogP contribution in [0.25, 0.3) is 0 Å². The molecule has 2 unspecified atom stereocenters. The summed E-state index contributed by atoms with van der Waals surface area (Å²) < 4.78 is 5.61. The van der Waals surface area contributed by atoms with Gasteiger partial charge in [0.2, 0.25) is 0 Å². The lowest BCUT2D eigenvalue weighted by Gasteiger charge is -2.15. The highest BCUT2D eigenvalue weighted by Crippen LogP contribution is 2.75. The Morgan fingerprint density at radius 3 is 2.61 bits per heavy atom. The molecule has 4 nitrogen and oxygen atoms in total. The second-order valence-electron chi connectivity index (χ2n) is 8.95. The minimum Gasteiger partial charge on any atom is -0.491 e. The minimum atomic E-state index is -0.00108. The molecule has 5 heteroatoms. The molecule has 1 fully saturated rings. The zero-order valence-corrected chi connectivity index (χ0v) is 18.1. The smallest absolute Gasteiger partial charge is 0.261 e. The summed E-state index contributed by atoms with van der Waals surface area (Å²) in [4.78, 5) is 13.7. The monoisotopic (exact) mass is 399 g/mol. The van der Waals surface area contributed by atoms with Gasteiger partial charge in [0.25, 0.3) is 5.91 Å². The molecule has 2 aromatic rings. The van der Waals surface area contributed by atoms with Crippen molar-refractivity contribution >= 4 is 17.2 Å². The number of carbonyl (C=O) groups is 1. The predicted octanol–water partition coefficient (Wildman–Crippen LogP) is 4.14. The number of aryl methyl sites for hydroxylation is 2. The van der Waals surface area contributed by atoms with E-state index in [0.717, 1.165) is 33.7 Å². The van der Waals surface area contributed by atoms with Crippen LogP contribution in [0.15, 0.2) is 17.5 Å². The van der Waals surface area contributed by atoms with Crippen molar-refractivity contribution in [2.75, 3.05) is 13.2 Å². The van der Waals surface area contributed by atoms with Crippen LogP contribution >= 0.6 is 11.3 Å². The van der Waals surface area contributed by atoms with Crippen molar-refractivity contribution in [3.05, 3.63) is 50.2 Å². The Kier molecular flexibility index (Phi) is 4.59. The quantitative estimate of drug-likeness (QED) is 0.768. The number of ether oxygens (including phenoxy) is 1. The van der Waals surface area contributed by atoms with Gasteiger partial charge in [-0.25, -0.2) is 0 Å². The number of hydrogen-bond acceptors (Lipinski definition) is 4. The third-order valence-electron chi connectivity index (χ3n) is 7.20. The highest BCUT2D eigenvalue weighted by Gasteiger charge is 2.72. The number of fused-ring (bicyclic) bond motifs is 3. The van der Waals surface area contributed by atoms with Gasteiger partial charge in [0.15, 0.2) is 0 Å². The fourth-order valence-electron chi connectivity index (χ4n) is 5.29. The highest BCUT2D eigenvalue weighted by atomic mass is 32.1. The Morgan fingerprint density at radius 2 is 1.96 bits per heavy atom. The Balaban J connectivity index is 1.46. The molecule has 0 spiro atoms. The lowest BCUT2D eigenvalue weighted by molar-refractivity contribution is 0.0954. The maximum absolute atomic E-state index is 12.9. The molecule has 2 aliphatic carbocycles. The number of thiophene rings is 1. The molecule has 0 saturated heterocycles. The zero-order valence-electron chi connectivity index (χ0n) is 17.3. The lowest BCUT2D eigenvalue weighted by Crippen LogP contribution is -2.23. The molecule has 1 heterocycles. The zero-order chi connectivity index (χ0) is 20.3. The van der Waals surface area contributed by atoms with E-state index < -0.39 is 0 Å². The number of aliphatic hydroxyl groups is 1. The Hall–Kier alpha value is -1.85. The topological polar surface area (TPSA) is 58.6 Å². The van der Waals surface area contributed by atoms with E-state index in [1.807, 2.05) is 26.0 Å². The highest BCUT2D eigenvalue weighted by molar-refractivity contribution is 7.12. The molecule has 1 aromatic heterocycles. The van der Waals surface area contributed by atoms with Crippen LogP contribution in [0.1, 0.15) is 58.3 Å². The van der Waals surface area contributed by atoms with Gasteiger partial charge in [-0.2, -0.15) is 0 Å². The molecular formula is C23H29NO3S. The second-order valence-corrected chi connectivity index (χ2v) is 9.83. The summed E-state index contributed by atoms with van der Waals surface area (Å²) in [7, 11) is 0. The van der Waals surface area contributed by atoms with Crippen LogP contribution in [0.5, 0.6) is 5.75 Å². The standard InChI is InChI=1S/C23H29NO3S/c1-13-8-15(9-14(2)19(13)27-7-6-25)11-24-21(26)20-16-10-18-22(3,4)23(18,5)17(16)12-28-20/h8-9,12,18,25H,6-7,10-11H2,1-5H3,(H,24,26). The third-order valence-corrected chi connectivity index (χ3v) is 8.22. The molecule has 2 aliphatic rings. The number of aliphatic hydroxyl groups excluding tert-OH is 1. The lowest BCUT2D eigenvalue weighted by atomic mass is 9.89. The first-order valence-electron chi connectivity index (χ1n) is 9.94. The van der Waals surface area contributed by atoms with Crippen molar-refractivity contribution in [3.63, 3.8) is 0 Å². The summed E-state index contributed by atoms with van der Waals surface area (Å²) in [5.74, 6) is 1.52. The number of carbonyl (C=O) groups excluding carboxylic acids is 1. The summed E-state index contributed by atoms with van der Waals surface area (Å²) in [5, 5.41) is 14.3. The molecule has 4 rings (SSSR count). The normalized spacial score (nSPS) is 23.9. The molecule has 1 aromatic carbocycles. The largest absolute Gasteiger partial charge is 0.491 e. The van der Waals surface area contributed by atoms with Crippen molar-refractivity contribution in [2.45, 2.75) is 53.0 Å². The summed E-state index contributed by atoms with van der Waals surface area (Å²) in [6.45, 7) is 11.8. The average Bonchev–Trinajstić information content (AvgIpc) is 3.01. The van der Waals surface area contributed by atoms with E-state index in [9.17, 15) is 4.79 Å². The summed E-state index contributed by atoms with van der Waals surface area (Å²) in [5.41, 5.74) is 6.36. The van der Waals surface area contributed by atoms with E-state index in [1.165, 1.54) is 11.1 Å². The number of rotatable bonds is 6. The fourth-order valence-corrected chi connectivity index (χ4v) is 6.43. The van der Waals surface area contributed by atoms with Gasteiger partial charge in [-0.1, -0.05) is 32.9 Å². The molecule has 150 valence electrons. The van der Waals surface area contributed by atoms with Gasteiger partial charge in [0.05, 0.1) is 11.5 Å². The molecule has 28 heavy (non-hydrogen) atoms. The SMILES string of the molecule is Cc1cc(CNC(=O)c2scc3c2CC2C(C)(C)C32C)cc(C)c1OCCO. The Labute approximate surface area is 170 Å². The molecule has 0 bridgehead atoms. The van der Waals surface area contributed by atoms with Crippen molar-refractivity contribution < 1.29 is 14.6 Å². The number of benzene rings is 1. The predicted molar refractivity (Wildman–Crippen MR) is 112 cm³/mol. The first-order chi connectivity index (χ1) is 13.2.